The van der Waals surface area contributed by atoms with Crippen LogP contribution in [0.3, 0.4) is 0 Å². The van der Waals surface area contributed by atoms with Crippen LogP contribution in [0, 0.1) is 6.61 Å². The normalized spacial score (nSPS) is 14.1. The molecule has 0 saturated heterocycles. The molecule has 1 nitrogen and oxygen atoms in total. The predicted molar refractivity (Wildman–Crippen MR) is 65.5 cm³/mol. The molecule has 0 N–H and O–H groups in total. The number of halogens is 3. The van der Waals surface area contributed by atoms with Crippen LogP contribution in [0.2, 0.25) is 0 Å². The number of para-hydroxylation sites is 1. The van der Waals surface area contributed by atoms with Gasteiger partial charge in [-0.15, -0.1) is 0 Å². The summed E-state index contributed by atoms with van der Waals surface area (Å²) < 4.78 is 43.0. The summed E-state index contributed by atoms with van der Waals surface area (Å²) in [5.41, 5.74) is 1.95. The number of rotatable bonds is 1. The molecule has 1 aliphatic rings. The topological polar surface area (TPSA) is 9.23 Å². The maximum absolute atomic E-state index is 12.5. The quantitative estimate of drug-likeness (QED) is 0.737. The van der Waals surface area contributed by atoms with Crippen LogP contribution in [0.1, 0.15) is 11.1 Å². The molecule has 1 heterocycles. The first-order valence-electron chi connectivity index (χ1n) is 5.83. The molecule has 19 heavy (non-hydrogen) atoms. The Morgan fingerprint density at radius 3 is 2.37 bits per heavy atom. The van der Waals surface area contributed by atoms with Crippen molar-refractivity contribution >= 4 is 0 Å². The Labute approximate surface area is 108 Å². The lowest BCUT2D eigenvalue weighted by Gasteiger charge is -2.10. The van der Waals surface area contributed by atoms with Gasteiger partial charge in [0.05, 0.1) is 5.56 Å². The van der Waals surface area contributed by atoms with Gasteiger partial charge in [-0.05, 0) is 23.3 Å². The molecular weight excluding hydrogens is 253 g/mol. The zero-order valence-corrected chi connectivity index (χ0v) is 9.87. The van der Waals surface area contributed by atoms with Crippen molar-refractivity contribution < 1.29 is 17.9 Å². The Balaban J connectivity index is 2.02. The van der Waals surface area contributed by atoms with E-state index in [1.54, 1.807) is 6.61 Å². The third-order valence-corrected chi connectivity index (χ3v) is 3.12. The van der Waals surface area contributed by atoms with Gasteiger partial charge in [-0.2, -0.15) is 13.2 Å². The summed E-state index contributed by atoms with van der Waals surface area (Å²) in [5.74, 6) is 0.738. The Hall–Kier alpha value is -1.97. The highest BCUT2D eigenvalue weighted by atomic mass is 19.4. The predicted octanol–water partition coefficient (Wildman–Crippen LogP) is 4.47. The van der Waals surface area contributed by atoms with E-state index in [0.29, 0.717) is 0 Å². The average Bonchev–Trinajstić information content (AvgIpc) is 2.86. The minimum atomic E-state index is -4.30. The van der Waals surface area contributed by atoms with Crippen LogP contribution in [0.25, 0.3) is 11.1 Å². The van der Waals surface area contributed by atoms with Gasteiger partial charge in [-0.1, -0.05) is 30.3 Å². The Bertz CT molecular complexity index is 600. The van der Waals surface area contributed by atoms with Gasteiger partial charge in [0.2, 0.25) is 0 Å². The minimum Gasteiger partial charge on any atom is -0.485 e. The largest absolute Gasteiger partial charge is 0.485 e. The number of hydrogen-bond acceptors (Lipinski definition) is 1. The summed E-state index contributed by atoms with van der Waals surface area (Å²) in [7, 11) is 0. The van der Waals surface area contributed by atoms with Crippen molar-refractivity contribution in [3.05, 3.63) is 60.2 Å². The molecule has 3 rings (SSSR count). The van der Waals surface area contributed by atoms with Crippen molar-refractivity contribution in [2.45, 2.75) is 12.6 Å². The number of benzene rings is 2. The van der Waals surface area contributed by atoms with E-state index >= 15 is 0 Å². The van der Waals surface area contributed by atoms with Crippen LogP contribution in [0.4, 0.5) is 13.2 Å². The van der Waals surface area contributed by atoms with Gasteiger partial charge in [0, 0.05) is 12.0 Å². The fourth-order valence-corrected chi connectivity index (χ4v) is 2.17. The molecule has 2 aromatic carbocycles. The van der Waals surface area contributed by atoms with Crippen LogP contribution in [0.15, 0.2) is 42.5 Å². The van der Waals surface area contributed by atoms with E-state index in [1.165, 1.54) is 12.1 Å². The van der Waals surface area contributed by atoms with Crippen molar-refractivity contribution in [2.75, 3.05) is 0 Å². The van der Waals surface area contributed by atoms with E-state index in [1.807, 2.05) is 18.2 Å². The van der Waals surface area contributed by atoms with Crippen LogP contribution < -0.4 is 4.74 Å². The van der Waals surface area contributed by atoms with Gasteiger partial charge < -0.3 is 4.74 Å². The van der Waals surface area contributed by atoms with Crippen molar-refractivity contribution in [1.82, 2.24) is 0 Å². The Kier molecular flexibility index (Phi) is 2.73. The second kappa shape index (κ2) is 4.30. The lowest BCUT2D eigenvalue weighted by Crippen LogP contribution is -2.04. The highest BCUT2D eigenvalue weighted by Gasteiger charge is 2.30. The van der Waals surface area contributed by atoms with Gasteiger partial charge in [-0.3, -0.25) is 0 Å². The second-order valence-corrected chi connectivity index (χ2v) is 4.36. The van der Waals surface area contributed by atoms with E-state index in [0.717, 1.165) is 41.0 Å². The molecule has 2 aromatic rings. The molecule has 4 heteroatoms. The summed E-state index contributed by atoms with van der Waals surface area (Å²) in [6.07, 6.45) is -3.58. The van der Waals surface area contributed by atoms with E-state index in [-0.39, 0.29) is 0 Å². The van der Waals surface area contributed by atoms with E-state index in [4.69, 9.17) is 4.74 Å². The third-order valence-electron chi connectivity index (χ3n) is 3.12. The summed E-state index contributed by atoms with van der Waals surface area (Å²) >= 11 is 0. The van der Waals surface area contributed by atoms with Crippen molar-refractivity contribution in [3.8, 4) is 16.9 Å². The smallest absolute Gasteiger partial charge is 0.416 e. The monoisotopic (exact) mass is 263 g/mol. The maximum Gasteiger partial charge on any atom is 0.416 e. The Morgan fingerprint density at radius 1 is 0.947 bits per heavy atom. The zero-order chi connectivity index (χ0) is 13.5. The number of alkyl halides is 3. The summed E-state index contributed by atoms with van der Waals surface area (Å²) in [6, 6.07) is 10.8. The molecule has 0 amide bonds. The Morgan fingerprint density at radius 2 is 1.68 bits per heavy atom. The van der Waals surface area contributed by atoms with E-state index < -0.39 is 11.7 Å². The molecule has 0 fully saturated rings. The van der Waals surface area contributed by atoms with Gasteiger partial charge in [-0.25, -0.2) is 0 Å². The van der Waals surface area contributed by atoms with Gasteiger partial charge in [0.25, 0.3) is 0 Å². The first-order valence-corrected chi connectivity index (χ1v) is 5.83. The molecule has 0 spiro atoms. The number of fused-ring (bicyclic) bond motifs is 1. The van der Waals surface area contributed by atoms with Crippen LogP contribution in [-0.2, 0) is 12.6 Å². The van der Waals surface area contributed by atoms with Gasteiger partial charge >= 0.3 is 6.18 Å². The van der Waals surface area contributed by atoms with Crippen LogP contribution in [-0.4, -0.2) is 0 Å². The first-order chi connectivity index (χ1) is 9.05. The van der Waals surface area contributed by atoms with E-state index in [9.17, 15) is 13.2 Å². The van der Waals surface area contributed by atoms with Crippen molar-refractivity contribution in [3.63, 3.8) is 0 Å². The molecule has 97 valence electrons. The summed E-state index contributed by atoms with van der Waals surface area (Å²) in [5, 5.41) is 0. The summed E-state index contributed by atoms with van der Waals surface area (Å²) in [4.78, 5) is 0. The zero-order valence-electron chi connectivity index (χ0n) is 9.87. The maximum atomic E-state index is 12.5. The molecule has 0 saturated carbocycles. The minimum absolute atomic E-state index is 0.642. The van der Waals surface area contributed by atoms with Crippen LogP contribution in [0.5, 0.6) is 5.75 Å². The van der Waals surface area contributed by atoms with E-state index in [2.05, 4.69) is 0 Å². The molecule has 1 radical (unpaired) electrons. The highest BCUT2D eigenvalue weighted by molar-refractivity contribution is 5.73. The number of hydrogen-bond donors (Lipinski definition) is 0. The van der Waals surface area contributed by atoms with Gasteiger partial charge in [0.1, 0.15) is 12.4 Å². The molecular formula is C15H10F3O. The highest BCUT2D eigenvalue weighted by Crippen LogP contribution is 2.38. The van der Waals surface area contributed by atoms with Crippen molar-refractivity contribution in [1.29, 1.82) is 0 Å². The lowest BCUT2D eigenvalue weighted by molar-refractivity contribution is -0.137. The first kappa shape index (κ1) is 12.1. The molecule has 1 aliphatic heterocycles. The molecule has 0 bridgehead atoms. The molecule has 0 unspecified atom stereocenters. The SMILES string of the molecule is FC(F)(F)c1ccc(-c2cccc3c2O[CH]C3)cc1. The molecule has 0 aromatic heterocycles. The average molecular weight is 263 g/mol. The fourth-order valence-electron chi connectivity index (χ4n) is 2.17. The van der Waals surface area contributed by atoms with Crippen molar-refractivity contribution in [2.24, 2.45) is 0 Å². The van der Waals surface area contributed by atoms with Crippen LogP contribution >= 0.6 is 0 Å². The third kappa shape index (κ3) is 2.18. The second-order valence-electron chi connectivity index (χ2n) is 4.36. The van der Waals surface area contributed by atoms with Gasteiger partial charge in [0.15, 0.2) is 0 Å². The number of ether oxygens (including phenoxy) is 1. The fraction of sp³-hybridized carbons (Fsp3) is 0.133. The summed E-state index contributed by atoms with van der Waals surface area (Å²) in [6.45, 7) is 1.69. The lowest BCUT2D eigenvalue weighted by atomic mass is 10.00. The molecule has 0 atom stereocenters. The molecule has 0 aliphatic carbocycles. The standard InChI is InChI=1S/C15H10F3O/c16-15(17,18)12-6-4-10(5-7-12)13-3-1-2-11-8-9-19-14(11)13/h1-7,9H,8H2.